The first-order valence-electron chi connectivity index (χ1n) is 3.08. The molecule has 2 rings (SSSR count). The Morgan fingerprint density at radius 3 is 3.00 bits per heavy atom. The molecular formula is C5H4N4O2S. The van der Waals surface area contributed by atoms with Crippen LogP contribution in [0.5, 0.6) is 0 Å². The van der Waals surface area contributed by atoms with Crippen molar-refractivity contribution in [1.29, 1.82) is 0 Å². The van der Waals surface area contributed by atoms with E-state index in [4.69, 9.17) is 0 Å². The van der Waals surface area contributed by atoms with Crippen LogP contribution in [0.15, 0.2) is 15.9 Å². The van der Waals surface area contributed by atoms with Crippen molar-refractivity contribution in [3.8, 4) is 0 Å². The molecule has 2 aromatic heterocycles. The molecule has 0 bridgehead atoms. The Balaban J connectivity index is 3.18. The normalized spacial score (nSPS) is 10.8. The third-order valence-corrected chi connectivity index (χ3v) is 1.83. The van der Waals surface area contributed by atoms with Crippen LogP contribution in [0.1, 0.15) is 0 Å². The van der Waals surface area contributed by atoms with E-state index in [9.17, 15) is 9.59 Å². The maximum absolute atomic E-state index is 11.0. The molecule has 0 fully saturated rings. The molecule has 0 aliphatic carbocycles. The van der Waals surface area contributed by atoms with Gasteiger partial charge in [0.1, 0.15) is 0 Å². The van der Waals surface area contributed by atoms with E-state index in [2.05, 4.69) is 27.8 Å². The zero-order valence-electron chi connectivity index (χ0n) is 5.74. The first-order valence-corrected chi connectivity index (χ1v) is 3.48. The van der Waals surface area contributed by atoms with Crippen molar-refractivity contribution in [3.63, 3.8) is 0 Å². The predicted molar refractivity (Wildman–Crippen MR) is 45.4 cm³/mol. The third kappa shape index (κ3) is 0.797. The average molecular weight is 184 g/mol. The van der Waals surface area contributed by atoms with Crippen molar-refractivity contribution in [2.45, 2.75) is 0 Å². The number of fused-ring (bicyclic) bond motifs is 1. The van der Waals surface area contributed by atoms with Gasteiger partial charge in [0.05, 0.1) is 6.33 Å². The molecule has 2 heterocycles. The van der Waals surface area contributed by atoms with Crippen molar-refractivity contribution in [2.24, 2.45) is 0 Å². The van der Waals surface area contributed by atoms with Crippen molar-refractivity contribution in [3.05, 3.63) is 27.2 Å². The van der Waals surface area contributed by atoms with Crippen molar-refractivity contribution < 1.29 is 0 Å². The lowest BCUT2D eigenvalue weighted by molar-refractivity contribution is 1.03. The van der Waals surface area contributed by atoms with E-state index < -0.39 is 11.2 Å². The maximum Gasteiger partial charge on any atom is 0.340 e. The van der Waals surface area contributed by atoms with Gasteiger partial charge in [0.25, 0.3) is 5.56 Å². The van der Waals surface area contributed by atoms with Crippen LogP contribution in [0, 0.1) is 0 Å². The zero-order valence-corrected chi connectivity index (χ0v) is 6.63. The van der Waals surface area contributed by atoms with Gasteiger partial charge in [-0.2, -0.15) is 0 Å². The molecule has 2 N–H and O–H groups in total. The highest BCUT2D eigenvalue weighted by Crippen LogP contribution is 1.99. The molecule has 6 nitrogen and oxygen atoms in total. The Morgan fingerprint density at radius 2 is 2.25 bits per heavy atom. The quantitative estimate of drug-likeness (QED) is 0.464. The Labute approximate surface area is 70.8 Å². The number of thiol groups is 1. The smallest absolute Gasteiger partial charge is 0.339 e. The van der Waals surface area contributed by atoms with E-state index in [0.29, 0.717) is 0 Å². The Bertz CT molecular complexity index is 536. The summed E-state index contributed by atoms with van der Waals surface area (Å²) in [6.07, 6.45) is 1.33. The molecule has 0 amide bonds. The molecular weight excluding hydrogens is 180 g/mol. The minimum Gasteiger partial charge on any atom is -0.339 e. The first kappa shape index (κ1) is 7.17. The molecule has 0 aromatic carbocycles. The largest absolute Gasteiger partial charge is 0.340 e. The zero-order chi connectivity index (χ0) is 8.72. The summed E-state index contributed by atoms with van der Waals surface area (Å²) in [5, 5.41) is 0. The van der Waals surface area contributed by atoms with Crippen molar-refractivity contribution in [2.75, 3.05) is 0 Å². The number of nitrogens with zero attached hydrogens (tertiary/aromatic N) is 2. The molecule has 0 spiro atoms. The number of hydrogen-bond donors (Lipinski definition) is 3. The summed E-state index contributed by atoms with van der Waals surface area (Å²) in [5.41, 5.74) is -0.614. The molecule has 2 aromatic rings. The molecule has 12 heavy (non-hydrogen) atoms. The van der Waals surface area contributed by atoms with Crippen LogP contribution in [-0.2, 0) is 0 Å². The third-order valence-electron chi connectivity index (χ3n) is 1.46. The van der Waals surface area contributed by atoms with Gasteiger partial charge in [0.15, 0.2) is 11.2 Å². The second-order valence-electron chi connectivity index (χ2n) is 2.17. The minimum atomic E-state index is -0.595. The molecule has 0 unspecified atom stereocenters. The fourth-order valence-corrected chi connectivity index (χ4v) is 1.13. The highest BCUT2D eigenvalue weighted by atomic mass is 32.1. The Kier molecular flexibility index (Phi) is 1.34. The maximum atomic E-state index is 11.0. The van der Waals surface area contributed by atoms with Crippen LogP contribution in [0.2, 0.25) is 0 Å². The second-order valence-corrected chi connectivity index (χ2v) is 2.57. The van der Waals surface area contributed by atoms with E-state index in [-0.39, 0.29) is 11.2 Å². The van der Waals surface area contributed by atoms with Crippen LogP contribution in [-0.4, -0.2) is 18.9 Å². The van der Waals surface area contributed by atoms with Gasteiger partial charge in [-0.25, -0.2) is 13.8 Å². The number of aromatic nitrogens is 4. The van der Waals surface area contributed by atoms with E-state index in [1.807, 2.05) is 0 Å². The summed E-state index contributed by atoms with van der Waals surface area (Å²) in [5.74, 6) is 0. The number of H-pyrrole nitrogens is 2. The monoisotopic (exact) mass is 184 g/mol. The molecule has 0 saturated heterocycles. The fourth-order valence-electron chi connectivity index (χ4n) is 0.924. The summed E-state index contributed by atoms with van der Waals surface area (Å²) in [6, 6.07) is 0. The van der Waals surface area contributed by atoms with E-state index in [1.54, 1.807) is 0 Å². The van der Waals surface area contributed by atoms with Gasteiger partial charge in [-0.15, -0.1) is 0 Å². The summed E-state index contributed by atoms with van der Waals surface area (Å²) in [4.78, 5) is 30.4. The number of hydrogen-bond acceptors (Lipinski definition) is 4. The van der Waals surface area contributed by atoms with E-state index in [1.165, 1.54) is 6.33 Å². The van der Waals surface area contributed by atoms with Gasteiger partial charge in [-0.3, -0.25) is 9.78 Å². The Morgan fingerprint density at radius 1 is 1.50 bits per heavy atom. The van der Waals surface area contributed by atoms with Crippen molar-refractivity contribution >= 4 is 24.0 Å². The SMILES string of the molecule is O=c1[nH]c(=O)n(S)c2nc[nH]c12. The number of aromatic amines is 2. The lowest BCUT2D eigenvalue weighted by Gasteiger charge is -1.93. The highest BCUT2D eigenvalue weighted by molar-refractivity contribution is 7.78. The summed E-state index contributed by atoms with van der Waals surface area (Å²) >= 11 is 3.83. The van der Waals surface area contributed by atoms with Crippen molar-refractivity contribution in [1.82, 2.24) is 18.9 Å². The lowest BCUT2D eigenvalue weighted by Crippen LogP contribution is -2.26. The predicted octanol–water partition coefficient (Wildman–Crippen LogP) is -0.894. The Hall–Kier alpha value is -1.50. The van der Waals surface area contributed by atoms with Crippen LogP contribution < -0.4 is 11.2 Å². The van der Waals surface area contributed by atoms with Crippen LogP contribution in [0.25, 0.3) is 11.2 Å². The summed E-state index contributed by atoms with van der Waals surface area (Å²) < 4.78 is 0.966. The number of imidazole rings is 1. The topological polar surface area (TPSA) is 83.5 Å². The summed E-state index contributed by atoms with van der Waals surface area (Å²) in [7, 11) is 0. The number of nitrogens with one attached hydrogen (secondary N) is 2. The molecule has 0 saturated carbocycles. The van der Waals surface area contributed by atoms with Gasteiger partial charge < -0.3 is 4.98 Å². The molecule has 7 heteroatoms. The van der Waals surface area contributed by atoms with E-state index >= 15 is 0 Å². The van der Waals surface area contributed by atoms with Crippen LogP contribution in [0.3, 0.4) is 0 Å². The van der Waals surface area contributed by atoms with Gasteiger partial charge in [-0.05, 0) is 0 Å². The van der Waals surface area contributed by atoms with E-state index in [0.717, 1.165) is 3.97 Å². The first-order chi connectivity index (χ1) is 5.70. The molecule has 0 aliphatic heterocycles. The van der Waals surface area contributed by atoms with Crippen LogP contribution in [0.4, 0.5) is 0 Å². The number of rotatable bonds is 0. The molecule has 0 radical (unpaired) electrons. The van der Waals surface area contributed by atoms with Gasteiger partial charge >= 0.3 is 5.69 Å². The van der Waals surface area contributed by atoms with Gasteiger partial charge in [0, 0.05) is 0 Å². The summed E-state index contributed by atoms with van der Waals surface area (Å²) in [6.45, 7) is 0. The second kappa shape index (κ2) is 2.24. The van der Waals surface area contributed by atoms with Gasteiger partial charge in [0.2, 0.25) is 0 Å². The van der Waals surface area contributed by atoms with Crippen LogP contribution >= 0.6 is 12.8 Å². The molecule has 0 atom stereocenters. The molecule has 62 valence electrons. The van der Waals surface area contributed by atoms with Gasteiger partial charge in [-0.1, -0.05) is 12.8 Å². The lowest BCUT2D eigenvalue weighted by atomic mass is 10.5. The minimum absolute atomic E-state index is 0.229. The molecule has 0 aliphatic rings. The standard InChI is InChI=1S/C5H4N4O2S/c10-4-2-3(7-1-6-2)9(12)5(11)8-4/h1,12H,(H,6,7)(H,8,10,11). The fraction of sp³-hybridized carbons (Fsp3) is 0. The highest BCUT2D eigenvalue weighted by Gasteiger charge is 2.05. The average Bonchev–Trinajstić information content (AvgIpc) is 2.48.